The number of anilines is 1. The van der Waals surface area contributed by atoms with Crippen molar-refractivity contribution in [2.75, 3.05) is 19.0 Å². The summed E-state index contributed by atoms with van der Waals surface area (Å²) < 4.78 is 26.0. The molecule has 0 N–H and O–H groups in total. The quantitative estimate of drug-likeness (QED) is 0.677. The fourth-order valence-electron chi connectivity index (χ4n) is 2.93. The van der Waals surface area contributed by atoms with Crippen LogP contribution in [0.3, 0.4) is 0 Å². The van der Waals surface area contributed by atoms with E-state index in [1.54, 1.807) is 17.0 Å². The highest BCUT2D eigenvalue weighted by Crippen LogP contribution is 2.24. The van der Waals surface area contributed by atoms with Crippen LogP contribution in [0, 0.1) is 0 Å². The molecule has 0 unspecified atom stereocenters. The molecular formula is C21H22N2O3S. The fraction of sp³-hybridized carbons (Fsp3) is 0.190. The maximum atomic E-state index is 12.4. The van der Waals surface area contributed by atoms with Crippen molar-refractivity contribution in [3.05, 3.63) is 72.3 Å². The highest BCUT2D eigenvalue weighted by Gasteiger charge is 2.20. The van der Waals surface area contributed by atoms with Gasteiger partial charge in [0.25, 0.3) is 0 Å². The van der Waals surface area contributed by atoms with Crippen molar-refractivity contribution < 1.29 is 13.2 Å². The average Bonchev–Trinajstić information content (AvgIpc) is 2.65. The molecule has 0 aliphatic heterocycles. The highest BCUT2D eigenvalue weighted by molar-refractivity contribution is 7.89. The Balaban J connectivity index is 1.97. The van der Waals surface area contributed by atoms with E-state index in [1.807, 2.05) is 42.5 Å². The monoisotopic (exact) mass is 382 g/mol. The second kappa shape index (κ2) is 7.50. The molecule has 0 heterocycles. The zero-order valence-electron chi connectivity index (χ0n) is 15.6. The third kappa shape index (κ3) is 4.02. The molecule has 0 fully saturated rings. The van der Waals surface area contributed by atoms with Crippen LogP contribution >= 0.6 is 0 Å². The molecule has 6 heteroatoms. The zero-order chi connectivity index (χ0) is 19.6. The van der Waals surface area contributed by atoms with Crippen LogP contribution in [-0.4, -0.2) is 32.7 Å². The van der Waals surface area contributed by atoms with Gasteiger partial charge in [-0.25, -0.2) is 12.7 Å². The van der Waals surface area contributed by atoms with Gasteiger partial charge in [0.05, 0.1) is 11.4 Å². The summed E-state index contributed by atoms with van der Waals surface area (Å²) in [4.78, 5) is 14.0. The number of sulfonamides is 1. The third-order valence-electron chi connectivity index (χ3n) is 4.44. The Morgan fingerprint density at radius 2 is 1.59 bits per heavy atom. The van der Waals surface area contributed by atoms with Gasteiger partial charge in [-0.05, 0) is 40.6 Å². The summed E-state index contributed by atoms with van der Waals surface area (Å²) in [7, 11) is -0.593. The Morgan fingerprint density at radius 3 is 2.26 bits per heavy atom. The van der Waals surface area contributed by atoms with Gasteiger partial charge in [0, 0.05) is 26.7 Å². The Bertz CT molecular complexity index is 1090. The highest BCUT2D eigenvalue weighted by atomic mass is 32.2. The molecular weight excluding hydrogens is 360 g/mol. The van der Waals surface area contributed by atoms with Crippen molar-refractivity contribution in [1.82, 2.24) is 4.31 Å². The fourth-order valence-corrected chi connectivity index (χ4v) is 3.87. The van der Waals surface area contributed by atoms with Gasteiger partial charge in [0.1, 0.15) is 0 Å². The summed E-state index contributed by atoms with van der Waals surface area (Å²) in [6, 6.07) is 20.6. The number of rotatable bonds is 5. The minimum Gasteiger partial charge on any atom is -0.308 e. The number of carbonyl (C=O) groups is 1. The van der Waals surface area contributed by atoms with Gasteiger partial charge >= 0.3 is 0 Å². The number of benzene rings is 3. The summed E-state index contributed by atoms with van der Waals surface area (Å²) >= 11 is 0. The average molecular weight is 382 g/mol. The van der Waals surface area contributed by atoms with Gasteiger partial charge in [0.2, 0.25) is 15.9 Å². The van der Waals surface area contributed by atoms with Gasteiger partial charge in [-0.2, -0.15) is 0 Å². The van der Waals surface area contributed by atoms with E-state index in [-0.39, 0.29) is 10.8 Å². The first-order valence-corrected chi connectivity index (χ1v) is 10.0. The van der Waals surface area contributed by atoms with Crippen LogP contribution in [-0.2, 0) is 21.4 Å². The van der Waals surface area contributed by atoms with Crippen molar-refractivity contribution in [3.63, 3.8) is 0 Å². The van der Waals surface area contributed by atoms with Gasteiger partial charge in [-0.1, -0.05) is 42.5 Å². The Kier molecular flexibility index (Phi) is 5.30. The number of carbonyl (C=O) groups excluding carboxylic acids is 1. The summed E-state index contributed by atoms with van der Waals surface area (Å²) in [5.41, 5.74) is 1.53. The van der Waals surface area contributed by atoms with Crippen LogP contribution in [0.25, 0.3) is 10.8 Å². The molecule has 0 spiro atoms. The van der Waals surface area contributed by atoms with E-state index >= 15 is 0 Å². The number of nitrogens with zero attached hydrogens (tertiary/aromatic N) is 2. The molecule has 5 nitrogen and oxygen atoms in total. The van der Waals surface area contributed by atoms with Crippen molar-refractivity contribution in [2.24, 2.45) is 0 Å². The number of amides is 1. The molecule has 3 rings (SSSR count). The molecule has 0 saturated heterocycles. The summed E-state index contributed by atoms with van der Waals surface area (Å²) in [6.07, 6.45) is 0. The number of fused-ring (bicyclic) bond motifs is 1. The van der Waals surface area contributed by atoms with E-state index in [0.29, 0.717) is 12.2 Å². The van der Waals surface area contributed by atoms with E-state index in [0.717, 1.165) is 20.6 Å². The van der Waals surface area contributed by atoms with E-state index in [2.05, 4.69) is 0 Å². The molecule has 3 aromatic rings. The lowest BCUT2D eigenvalue weighted by atomic mass is 10.1. The predicted octanol–water partition coefficient (Wildman–Crippen LogP) is 3.64. The van der Waals surface area contributed by atoms with Gasteiger partial charge in [-0.3, -0.25) is 4.79 Å². The number of hydrogen-bond donors (Lipinski definition) is 0. The normalized spacial score (nSPS) is 11.7. The lowest BCUT2D eigenvalue weighted by molar-refractivity contribution is -0.116. The second-order valence-electron chi connectivity index (χ2n) is 6.57. The van der Waals surface area contributed by atoms with Crippen LogP contribution < -0.4 is 4.90 Å². The molecule has 0 bridgehead atoms. The molecule has 3 aromatic carbocycles. The van der Waals surface area contributed by atoms with Crippen LogP contribution in [0.5, 0.6) is 0 Å². The maximum Gasteiger partial charge on any atom is 0.242 e. The Morgan fingerprint density at radius 1 is 0.889 bits per heavy atom. The lowest BCUT2D eigenvalue weighted by Gasteiger charge is -2.22. The summed E-state index contributed by atoms with van der Waals surface area (Å²) in [6.45, 7) is 1.85. The third-order valence-corrected chi connectivity index (χ3v) is 6.25. The van der Waals surface area contributed by atoms with E-state index in [4.69, 9.17) is 0 Å². The molecule has 1 amide bonds. The maximum absolute atomic E-state index is 12.4. The smallest absolute Gasteiger partial charge is 0.242 e. The first-order valence-electron chi connectivity index (χ1n) is 8.57. The Labute approximate surface area is 159 Å². The topological polar surface area (TPSA) is 57.7 Å². The molecule has 0 aromatic heterocycles. The molecule has 27 heavy (non-hydrogen) atoms. The zero-order valence-corrected chi connectivity index (χ0v) is 16.4. The molecule has 0 radical (unpaired) electrons. The largest absolute Gasteiger partial charge is 0.308 e. The number of hydrogen-bond acceptors (Lipinski definition) is 3. The minimum absolute atomic E-state index is 0.150. The van der Waals surface area contributed by atoms with Crippen LogP contribution in [0.4, 0.5) is 5.69 Å². The van der Waals surface area contributed by atoms with Gasteiger partial charge in [0.15, 0.2) is 0 Å². The standard InChI is InChI=1S/C21H22N2O3S/c1-16(24)23(15-17-11-12-18-7-4-5-8-19(18)13-17)20-9-6-10-21(14-20)27(25,26)22(2)3/h4-14H,15H2,1-3H3. The van der Waals surface area contributed by atoms with E-state index in [1.165, 1.54) is 33.2 Å². The minimum atomic E-state index is -3.56. The first-order chi connectivity index (χ1) is 12.8. The molecule has 140 valence electrons. The van der Waals surface area contributed by atoms with Crippen molar-refractivity contribution in [2.45, 2.75) is 18.4 Å². The van der Waals surface area contributed by atoms with Crippen LogP contribution in [0.2, 0.25) is 0 Å². The second-order valence-corrected chi connectivity index (χ2v) is 8.72. The SMILES string of the molecule is CC(=O)N(Cc1ccc2ccccc2c1)c1cccc(S(=O)(=O)N(C)C)c1. The first kappa shape index (κ1) is 19.1. The summed E-state index contributed by atoms with van der Waals surface area (Å²) in [5.74, 6) is -0.150. The van der Waals surface area contributed by atoms with Crippen molar-refractivity contribution in [1.29, 1.82) is 0 Å². The van der Waals surface area contributed by atoms with Crippen molar-refractivity contribution >= 4 is 32.4 Å². The Hall–Kier alpha value is -2.70. The summed E-state index contributed by atoms with van der Waals surface area (Å²) in [5, 5.41) is 2.23. The lowest BCUT2D eigenvalue weighted by Crippen LogP contribution is -2.28. The van der Waals surface area contributed by atoms with E-state index < -0.39 is 10.0 Å². The molecule has 0 atom stereocenters. The van der Waals surface area contributed by atoms with Gasteiger partial charge in [-0.15, -0.1) is 0 Å². The molecule has 0 saturated carbocycles. The predicted molar refractivity (Wildman–Crippen MR) is 108 cm³/mol. The van der Waals surface area contributed by atoms with Gasteiger partial charge < -0.3 is 4.90 Å². The molecule has 0 aliphatic rings. The van der Waals surface area contributed by atoms with E-state index in [9.17, 15) is 13.2 Å². The van der Waals surface area contributed by atoms with Crippen molar-refractivity contribution in [3.8, 4) is 0 Å². The molecule has 0 aliphatic carbocycles. The van der Waals surface area contributed by atoms with Crippen LogP contribution in [0.15, 0.2) is 71.6 Å². The van der Waals surface area contributed by atoms with Crippen LogP contribution in [0.1, 0.15) is 12.5 Å².